The first kappa shape index (κ1) is 18.6. The highest BCUT2D eigenvalue weighted by Gasteiger charge is 2.28. The van der Waals surface area contributed by atoms with Crippen LogP contribution in [0, 0.1) is 0 Å². The topological polar surface area (TPSA) is 103 Å². The van der Waals surface area contributed by atoms with E-state index in [1.54, 1.807) is 35.2 Å². The van der Waals surface area contributed by atoms with Crippen LogP contribution in [0.25, 0.3) is 11.3 Å². The fourth-order valence-corrected chi connectivity index (χ4v) is 3.78. The van der Waals surface area contributed by atoms with Gasteiger partial charge in [0.15, 0.2) is 0 Å². The zero-order valence-corrected chi connectivity index (χ0v) is 16.2. The maximum Gasteiger partial charge on any atom is 0.289 e. The molecule has 4 heterocycles. The van der Waals surface area contributed by atoms with E-state index in [0.29, 0.717) is 34.7 Å². The zero-order valence-electron chi connectivity index (χ0n) is 14.6. The number of alkyl halides is 1. The molecule has 0 aliphatic carbocycles. The molecule has 1 aliphatic heterocycles. The Kier molecular flexibility index (Phi) is 5.36. The van der Waals surface area contributed by atoms with Crippen molar-refractivity contribution in [3.8, 4) is 11.3 Å². The standard InChI is InChI=1S/C18H15ClN6O2S/c19-10-28-14-3-7-21-16(24-14)18(27)23-12-4-8-25-15(26)9-13(22-17(12)25)11-1-5-20-6-2-11/h1-3,5-7,9,12H,4,8,10H2,(H,23,27)/t12-/m0/s1. The lowest BCUT2D eigenvalue weighted by molar-refractivity contribution is 0.0924. The molecule has 0 unspecified atom stereocenters. The first-order chi connectivity index (χ1) is 13.7. The first-order valence-corrected chi connectivity index (χ1v) is 10.0. The molecule has 0 radical (unpaired) electrons. The smallest absolute Gasteiger partial charge is 0.289 e. The first-order valence-electron chi connectivity index (χ1n) is 8.50. The molecule has 0 bridgehead atoms. The molecule has 1 aliphatic rings. The van der Waals surface area contributed by atoms with Crippen LogP contribution >= 0.6 is 23.4 Å². The summed E-state index contributed by atoms with van der Waals surface area (Å²) in [5.41, 5.74) is 1.20. The summed E-state index contributed by atoms with van der Waals surface area (Å²) < 4.78 is 1.58. The second kappa shape index (κ2) is 8.07. The maximum absolute atomic E-state index is 12.6. The summed E-state index contributed by atoms with van der Waals surface area (Å²) in [5, 5.41) is 3.84. The molecule has 3 aromatic rings. The normalized spacial score (nSPS) is 15.2. The average molecular weight is 415 g/mol. The molecule has 28 heavy (non-hydrogen) atoms. The van der Waals surface area contributed by atoms with Crippen LogP contribution < -0.4 is 10.9 Å². The zero-order chi connectivity index (χ0) is 19.5. The molecule has 0 aromatic carbocycles. The van der Waals surface area contributed by atoms with Gasteiger partial charge < -0.3 is 5.32 Å². The van der Waals surface area contributed by atoms with Gasteiger partial charge in [0.1, 0.15) is 10.9 Å². The van der Waals surface area contributed by atoms with Crippen molar-refractivity contribution in [1.82, 2.24) is 29.8 Å². The van der Waals surface area contributed by atoms with Crippen molar-refractivity contribution in [2.75, 3.05) is 5.21 Å². The highest BCUT2D eigenvalue weighted by atomic mass is 35.5. The van der Waals surface area contributed by atoms with E-state index in [1.807, 2.05) is 0 Å². The highest BCUT2D eigenvalue weighted by molar-refractivity contribution is 8.00. The number of thioether (sulfide) groups is 1. The second-order valence-electron chi connectivity index (χ2n) is 6.01. The Morgan fingerprint density at radius 1 is 1.25 bits per heavy atom. The quantitative estimate of drug-likeness (QED) is 0.388. The third kappa shape index (κ3) is 3.76. The van der Waals surface area contributed by atoms with E-state index in [4.69, 9.17) is 11.6 Å². The molecule has 1 N–H and O–H groups in total. The van der Waals surface area contributed by atoms with Gasteiger partial charge in [-0.15, -0.1) is 11.6 Å². The molecule has 0 saturated carbocycles. The predicted octanol–water partition coefficient (Wildman–Crippen LogP) is 2.26. The van der Waals surface area contributed by atoms with Gasteiger partial charge in [0.05, 0.1) is 16.9 Å². The number of halogens is 1. The van der Waals surface area contributed by atoms with Crippen LogP contribution in [0.2, 0.25) is 0 Å². The molecule has 1 amide bonds. The fraction of sp³-hybridized carbons (Fsp3) is 0.222. The Morgan fingerprint density at radius 2 is 2.07 bits per heavy atom. The summed E-state index contributed by atoms with van der Waals surface area (Å²) in [5.74, 6) is 0.166. The summed E-state index contributed by atoms with van der Waals surface area (Å²) in [6.45, 7) is 0.492. The molecule has 0 fully saturated rings. The monoisotopic (exact) mass is 414 g/mol. The van der Waals surface area contributed by atoms with E-state index in [2.05, 4.69) is 25.3 Å². The van der Waals surface area contributed by atoms with Gasteiger partial charge in [-0.25, -0.2) is 15.0 Å². The van der Waals surface area contributed by atoms with Crippen molar-refractivity contribution in [3.05, 3.63) is 64.9 Å². The molecule has 0 saturated heterocycles. The lowest BCUT2D eigenvalue weighted by Gasteiger charge is -2.13. The van der Waals surface area contributed by atoms with E-state index in [1.165, 1.54) is 24.0 Å². The van der Waals surface area contributed by atoms with Crippen LogP contribution in [0.1, 0.15) is 28.9 Å². The average Bonchev–Trinajstić information content (AvgIpc) is 3.12. The fourth-order valence-electron chi connectivity index (χ4n) is 3.02. The molecule has 142 valence electrons. The van der Waals surface area contributed by atoms with Crippen LogP contribution in [0.3, 0.4) is 0 Å². The number of fused-ring (bicyclic) bond motifs is 1. The summed E-state index contributed by atoms with van der Waals surface area (Å²) >= 11 is 7.01. The van der Waals surface area contributed by atoms with Gasteiger partial charge >= 0.3 is 0 Å². The third-order valence-electron chi connectivity index (χ3n) is 4.31. The molecule has 3 aromatic heterocycles. The van der Waals surface area contributed by atoms with Crippen LogP contribution in [-0.2, 0) is 6.54 Å². The Labute approximate surface area is 169 Å². The number of hydrogen-bond donors (Lipinski definition) is 1. The Bertz CT molecular complexity index is 1080. The number of pyridine rings is 1. The van der Waals surface area contributed by atoms with E-state index in [0.717, 1.165) is 5.56 Å². The highest BCUT2D eigenvalue weighted by Crippen LogP contribution is 2.25. The van der Waals surface area contributed by atoms with Gasteiger partial charge in [0, 0.05) is 36.8 Å². The lowest BCUT2D eigenvalue weighted by atomic mass is 10.2. The maximum atomic E-state index is 12.6. The summed E-state index contributed by atoms with van der Waals surface area (Å²) in [6.07, 6.45) is 5.38. The number of nitrogens with one attached hydrogen (secondary N) is 1. The minimum atomic E-state index is -0.418. The van der Waals surface area contributed by atoms with Gasteiger partial charge in [0.25, 0.3) is 11.5 Å². The van der Waals surface area contributed by atoms with Crippen LogP contribution in [0.5, 0.6) is 0 Å². The molecule has 10 heteroatoms. The molecular formula is C18H15ClN6O2S. The number of amides is 1. The van der Waals surface area contributed by atoms with E-state index in [9.17, 15) is 9.59 Å². The molecular weight excluding hydrogens is 400 g/mol. The summed E-state index contributed by atoms with van der Waals surface area (Å²) in [7, 11) is 0. The van der Waals surface area contributed by atoms with E-state index >= 15 is 0 Å². The SMILES string of the molecule is O=C(N[C@H]1CCn2c1nc(-c1ccncc1)cc2=O)c1nccc(SCCl)n1. The lowest BCUT2D eigenvalue weighted by Crippen LogP contribution is -2.30. The molecule has 1 atom stereocenters. The van der Waals surface area contributed by atoms with Gasteiger partial charge in [0.2, 0.25) is 5.82 Å². The number of nitrogens with zero attached hydrogens (tertiary/aromatic N) is 5. The minimum Gasteiger partial charge on any atom is -0.339 e. The Morgan fingerprint density at radius 3 is 2.86 bits per heavy atom. The van der Waals surface area contributed by atoms with Crippen LogP contribution in [-0.4, -0.2) is 35.6 Å². The van der Waals surface area contributed by atoms with Gasteiger partial charge in [-0.2, -0.15) is 0 Å². The second-order valence-corrected chi connectivity index (χ2v) is 7.59. The van der Waals surface area contributed by atoms with Crippen molar-refractivity contribution in [2.45, 2.75) is 24.0 Å². The molecule has 4 rings (SSSR count). The third-order valence-corrected chi connectivity index (χ3v) is 5.27. The predicted molar refractivity (Wildman–Crippen MR) is 105 cm³/mol. The summed E-state index contributed by atoms with van der Waals surface area (Å²) in [6, 6.07) is 6.37. The van der Waals surface area contributed by atoms with E-state index < -0.39 is 11.9 Å². The van der Waals surface area contributed by atoms with Crippen molar-refractivity contribution >= 4 is 29.3 Å². The van der Waals surface area contributed by atoms with Crippen molar-refractivity contribution in [3.63, 3.8) is 0 Å². The minimum absolute atomic E-state index is 0.0567. The van der Waals surface area contributed by atoms with Crippen LogP contribution in [0.4, 0.5) is 0 Å². The van der Waals surface area contributed by atoms with Gasteiger partial charge in [-0.1, -0.05) is 11.8 Å². The number of carbonyl (C=O) groups excluding carboxylic acids is 1. The molecule has 8 nitrogen and oxygen atoms in total. The number of hydrogen-bond acceptors (Lipinski definition) is 7. The Balaban J connectivity index is 1.61. The number of aromatic nitrogens is 5. The van der Waals surface area contributed by atoms with Crippen molar-refractivity contribution in [1.29, 1.82) is 0 Å². The molecule has 0 spiro atoms. The largest absolute Gasteiger partial charge is 0.339 e. The van der Waals surface area contributed by atoms with E-state index in [-0.39, 0.29) is 11.4 Å². The summed E-state index contributed by atoms with van der Waals surface area (Å²) in [4.78, 5) is 41.9. The van der Waals surface area contributed by atoms with Gasteiger partial charge in [-0.3, -0.25) is 19.1 Å². The number of carbonyl (C=O) groups is 1. The van der Waals surface area contributed by atoms with Crippen molar-refractivity contribution in [2.24, 2.45) is 0 Å². The van der Waals surface area contributed by atoms with Crippen molar-refractivity contribution < 1.29 is 4.79 Å². The number of rotatable bonds is 5. The van der Waals surface area contributed by atoms with Gasteiger partial charge in [-0.05, 0) is 24.6 Å². The Hall–Kier alpha value is -2.78. The van der Waals surface area contributed by atoms with Crippen LogP contribution in [0.15, 0.2) is 52.7 Å².